The second-order valence-corrected chi connectivity index (χ2v) is 12.9. The summed E-state index contributed by atoms with van der Waals surface area (Å²) in [6.45, 7) is 19.9. The zero-order valence-corrected chi connectivity index (χ0v) is 25.7. The third kappa shape index (κ3) is 4.73. The van der Waals surface area contributed by atoms with E-state index in [1.165, 1.54) is 0 Å². The van der Waals surface area contributed by atoms with E-state index >= 15 is 0 Å². The zero-order chi connectivity index (χ0) is 30.4. The van der Waals surface area contributed by atoms with E-state index in [2.05, 4.69) is 13.2 Å². The van der Waals surface area contributed by atoms with E-state index in [9.17, 15) is 19.5 Å². The minimum absolute atomic E-state index is 0.0707. The number of aryl methyl sites for hydroxylation is 2. The summed E-state index contributed by atoms with van der Waals surface area (Å²) in [6, 6.07) is 4.29. The van der Waals surface area contributed by atoms with Crippen molar-refractivity contribution in [2.45, 2.75) is 77.7 Å². The van der Waals surface area contributed by atoms with Gasteiger partial charge in [0.1, 0.15) is 11.6 Å². The Morgan fingerprint density at radius 3 is 2.32 bits per heavy atom. The average molecular weight is 566 g/mol. The van der Waals surface area contributed by atoms with Crippen molar-refractivity contribution in [2.24, 2.45) is 23.7 Å². The number of para-hydroxylation sites is 1. The molecular formula is C33H47N3O5. The van der Waals surface area contributed by atoms with Gasteiger partial charge in [0.15, 0.2) is 0 Å². The third-order valence-corrected chi connectivity index (χ3v) is 9.67. The summed E-state index contributed by atoms with van der Waals surface area (Å²) in [5, 5.41) is 10.6. The topological polar surface area (TPSA) is 90.4 Å². The van der Waals surface area contributed by atoms with Crippen LogP contribution in [0.1, 0.15) is 51.7 Å². The standard InChI is InChI=1S/C33H47N3O5/c1-10-15-34(9)29(38)25-26-30(39)36(24(19-37)17-20(3)4)28(33(26)18-23(7)32(25,8)41-33)31(40)35(16-11-2)27-21(5)13-12-14-22(27)6/h10-14,20,23-26,28,37H,1-2,15-19H2,3-9H3/t23?,24-,25+,26+,28?,32-,33?/m1/s1. The molecule has 3 aliphatic rings. The van der Waals surface area contributed by atoms with Crippen LogP contribution in [0.2, 0.25) is 0 Å². The van der Waals surface area contributed by atoms with Gasteiger partial charge in [-0.2, -0.15) is 0 Å². The van der Waals surface area contributed by atoms with Gasteiger partial charge in [0.05, 0.1) is 30.1 Å². The number of hydrogen-bond acceptors (Lipinski definition) is 5. The SMILES string of the molecule is C=CCN(C)C(=O)[C@@H]1[C@H]2C(=O)N([C@@H](CO)CC(C)C)C(C(=O)N(CC=C)c3c(C)cccc3C)C23CC(C)[C@@]1(C)O3. The molecule has 1 aromatic rings. The lowest BCUT2D eigenvalue weighted by atomic mass is 9.62. The molecule has 0 saturated carbocycles. The number of fused-ring (bicyclic) bond motifs is 1. The number of carbonyl (C=O) groups excluding carboxylic acids is 3. The Labute approximate surface area is 245 Å². The molecule has 1 N–H and O–H groups in total. The number of nitrogens with zero attached hydrogens (tertiary/aromatic N) is 3. The number of benzene rings is 1. The highest BCUT2D eigenvalue weighted by molar-refractivity contribution is 6.06. The Morgan fingerprint density at radius 2 is 1.78 bits per heavy atom. The number of carbonyl (C=O) groups is 3. The summed E-state index contributed by atoms with van der Waals surface area (Å²) in [7, 11) is 1.71. The van der Waals surface area contributed by atoms with Gasteiger partial charge in [-0.25, -0.2) is 0 Å². The highest BCUT2D eigenvalue weighted by atomic mass is 16.5. The van der Waals surface area contributed by atoms with Crippen molar-refractivity contribution in [3.8, 4) is 0 Å². The van der Waals surface area contributed by atoms with Gasteiger partial charge in [-0.15, -0.1) is 13.2 Å². The number of anilines is 1. The van der Waals surface area contributed by atoms with Crippen LogP contribution < -0.4 is 4.90 Å². The molecule has 3 heterocycles. The Hall–Kier alpha value is -2.97. The minimum atomic E-state index is -1.20. The molecule has 41 heavy (non-hydrogen) atoms. The summed E-state index contributed by atoms with van der Waals surface area (Å²) in [6.07, 6.45) is 4.33. The van der Waals surface area contributed by atoms with Crippen molar-refractivity contribution in [3.05, 3.63) is 54.6 Å². The van der Waals surface area contributed by atoms with E-state index in [0.29, 0.717) is 19.4 Å². The third-order valence-electron chi connectivity index (χ3n) is 9.67. The summed E-state index contributed by atoms with van der Waals surface area (Å²) in [4.78, 5) is 48.4. The molecule has 224 valence electrons. The molecule has 8 nitrogen and oxygen atoms in total. The van der Waals surface area contributed by atoms with Gasteiger partial charge in [0.25, 0.3) is 5.91 Å². The lowest BCUT2D eigenvalue weighted by Gasteiger charge is -2.40. The van der Waals surface area contributed by atoms with Crippen molar-refractivity contribution in [1.29, 1.82) is 0 Å². The second-order valence-electron chi connectivity index (χ2n) is 12.9. The summed E-state index contributed by atoms with van der Waals surface area (Å²) >= 11 is 0. The smallest absolute Gasteiger partial charge is 0.253 e. The molecule has 1 spiro atoms. The summed E-state index contributed by atoms with van der Waals surface area (Å²) in [5.74, 6) is -2.24. The molecule has 7 atom stereocenters. The maximum absolute atomic E-state index is 15.0. The fraction of sp³-hybridized carbons (Fsp3) is 0.606. The van der Waals surface area contributed by atoms with Crippen molar-refractivity contribution in [3.63, 3.8) is 0 Å². The molecule has 4 rings (SSSR count). The van der Waals surface area contributed by atoms with Crippen molar-refractivity contribution in [1.82, 2.24) is 9.80 Å². The van der Waals surface area contributed by atoms with Crippen LogP contribution in [0.25, 0.3) is 0 Å². The van der Waals surface area contributed by atoms with Crippen molar-refractivity contribution in [2.75, 3.05) is 31.6 Å². The normalized spacial score (nSPS) is 30.9. The van der Waals surface area contributed by atoms with E-state index in [1.807, 2.05) is 59.7 Å². The molecule has 0 aliphatic carbocycles. The number of amides is 3. The maximum atomic E-state index is 15.0. The molecule has 2 bridgehead atoms. The number of likely N-dealkylation sites (N-methyl/N-ethyl adjacent to an activating group) is 1. The predicted molar refractivity (Wildman–Crippen MR) is 160 cm³/mol. The van der Waals surface area contributed by atoms with E-state index in [0.717, 1.165) is 16.8 Å². The Kier molecular flexibility index (Phi) is 8.59. The van der Waals surface area contributed by atoms with Crippen LogP contribution in [0, 0.1) is 37.5 Å². The first-order valence-electron chi connectivity index (χ1n) is 14.8. The van der Waals surface area contributed by atoms with Crippen LogP contribution in [0.5, 0.6) is 0 Å². The monoisotopic (exact) mass is 565 g/mol. The van der Waals surface area contributed by atoms with Gasteiger partial charge < -0.3 is 24.5 Å². The Balaban J connectivity index is 1.93. The van der Waals surface area contributed by atoms with Crippen LogP contribution in [0.15, 0.2) is 43.5 Å². The van der Waals surface area contributed by atoms with Crippen LogP contribution in [0.3, 0.4) is 0 Å². The zero-order valence-electron chi connectivity index (χ0n) is 25.7. The van der Waals surface area contributed by atoms with Gasteiger partial charge in [-0.05, 0) is 56.6 Å². The van der Waals surface area contributed by atoms with E-state index in [4.69, 9.17) is 4.74 Å². The molecule has 0 radical (unpaired) electrons. The molecule has 0 aromatic heterocycles. The molecule has 8 heteroatoms. The number of hydrogen-bond donors (Lipinski definition) is 1. The van der Waals surface area contributed by atoms with E-state index < -0.39 is 35.1 Å². The highest BCUT2D eigenvalue weighted by Gasteiger charge is 2.80. The Morgan fingerprint density at radius 1 is 1.17 bits per heavy atom. The maximum Gasteiger partial charge on any atom is 0.253 e. The summed E-state index contributed by atoms with van der Waals surface area (Å²) < 4.78 is 6.91. The van der Waals surface area contributed by atoms with Crippen molar-refractivity contribution < 1.29 is 24.2 Å². The molecular weight excluding hydrogens is 518 g/mol. The molecule has 3 fully saturated rings. The number of aliphatic hydroxyl groups is 1. The van der Waals surface area contributed by atoms with Gasteiger partial charge in [-0.3, -0.25) is 14.4 Å². The predicted octanol–water partition coefficient (Wildman–Crippen LogP) is 3.88. The molecule has 3 saturated heterocycles. The average Bonchev–Trinajstić information content (AvgIpc) is 3.42. The fourth-order valence-electron chi connectivity index (χ4n) is 7.87. The number of aliphatic hydroxyl groups excluding tert-OH is 1. The highest BCUT2D eigenvalue weighted by Crippen LogP contribution is 2.66. The quantitative estimate of drug-likeness (QED) is 0.412. The van der Waals surface area contributed by atoms with Gasteiger partial charge in [0.2, 0.25) is 11.8 Å². The number of likely N-dealkylation sites (tertiary alicyclic amines) is 1. The molecule has 3 unspecified atom stereocenters. The van der Waals surface area contributed by atoms with E-state index in [-0.39, 0.29) is 42.7 Å². The van der Waals surface area contributed by atoms with E-state index in [1.54, 1.807) is 33.9 Å². The first-order valence-corrected chi connectivity index (χ1v) is 14.8. The van der Waals surface area contributed by atoms with Gasteiger partial charge >= 0.3 is 0 Å². The molecule has 3 amide bonds. The first kappa shape index (κ1) is 31.0. The molecule has 3 aliphatic heterocycles. The second kappa shape index (κ2) is 11.4. The minimum Gasteiger partial charge on any atom is -0.394 e. The lowest BCUT2D eigenvalue weighted by Crippen LogP contribution is -2.59. The fourth-order valence-corrected chi connectivity index (χ4v) is 7.87. The van der Waals surface area contributed by atoms with Gasteiger partial charge in [-0.1, -0.05) is 51.1 Å². The summed E-state index contributed by atoms with van der Waals surface area (Å²) in [5.41, 5.74) is 0.535. The van der Waals surface area contributed by atoms with Crippen LogP contribution in [-0.4, -0.2) is 82.7 Å². The van der Waals surface area contributed by atoms with Crippen molar-refractivity contribution >= 4 is 23.4 Å². The Bertz CT molecular complexity index is 1210. The van der Waals surface area contributed by atoms with Gasteiger partial charge in [0, 0.05) is 25.8 Å². The number of rotatable bonds is 11. The largest absolute Gasteiger partial charge is 0.394 e. The first-order chi connectivity index (χ1) is 19.3. The van der Waals surface area contributed by atoms with Crippen LogP contribution in [0.4, 0.5) is 5.69 Å². The number of ether oxygens (including phenoxy) is 1. The molecule has 1 aromatic carbocycles. The lowest BCUT2D eigenvalue weighted by molar-refractivity contribution is -0.153. The van der Waals surface area contributed by atoms with Crippen LogP contribution >= 0.6 is 0 Å². The van der Waals surface area contributed by atoms with Crippen LogP contribution in [-0.2, 0) is 19.1 Å².